The molecule has 14 nitrogen and oxygen atoms in total. The van der Waals surface area contributed by atoms with Gasteiger partial charge in [0.05, 0.1) is 24.7 Å². The highest BCUT2D eigenvalue weighted by atomic mass is 31.2. The fraction of sp³-hybridized carbons (Fsp3) is 0.519. The normalized spacial score (nSPS) is 24.0. The third-order valence-electron chi connectivity index (χ3n) is 6.24. The number of benzene rings is 1. The van der Waals surface area contributed by atoms with Crippen LogP contribution in [0.1, 0.15) is 47.8 Å². The summed E-state index contributed by atoms with van der Waals surface area (Å²) in [6.45, 7) is 8.79. The maximum absolute atomic E-state index is 14.0. The van der Waals surface area contributed by atoms with Crippen LogP contribution in [-0.2, 0) is 32.9 Å². The molecule has 1 fully saturated rings. The molecule has 2 N–H and O–H groups in total. The van der Waals surface area contributed by atoms with Gasteiger partial charge in [0.2, 0.25) is 0 Å². The molecular weight excluding hydrogens is 571 g/mol. The van der Waals surface area contributed by atoms with Crippen molar-refractivity contribution in [3.63, 3.8) is 0 Å². The molecule has 1 aliphatic rings. The molecule has 42 heavy (non-hydrogen) atoms. The monoisotopic (exact) mass is 606 g/mol. The first-order valence-electron chi connectivity index (χ1n) is 13.2. The molecule has 1 aromatic carbocycles. The summed E-state index contributed by atoms with van der Waals surface area (Å²) in [5, 5.41) is 12.8. The van der Waals surface area contributed by atoms with E-state index in [1.54, 1.807) is 45.9 Å². The predicted molar refractivity (Wildman–Crippen MR) is 148 cm³/mol. The van der Waals surface area contributed by atoms with Gasteiger partial charge in [-0.2, -0.15) is 10.3 Å². The lowest BCUT2D eigenvalue weighted by Gasteiger charge is -2.29. The number of nitrogens with zero attached hydrogens (tertiary/aromatic N) is 2. The largest absolute Gasteiger partial charge is 0.462 e. The molecule has 228 valence electrons. The number of esters is 2. The quantitative estimate of drug-likeness (QED) is 0.266. The van der Waals surface area contributed by atoms with Crippen LogP contribution in [0.3, 0.4) is 0 Å². The summed E-state index contributed by atoms with van der Waals surface area (Å²) < 4.78 is 43.2. The average molecular weight is 607 g/mol. The van der Waals surface area contributed by atoms with Crippen LogP contribution in [0.25, 0.3) is 0 Å². The molecule has 0 radical (unpaired) electrons. The Kier molecular flexibility index (Phi) is 10.5. The summed E-state index contributed by atoms with van der Waals surface area (Å²) in [5.74, 6) is -1.78. The summed E-state index contributed by atoms with van der Waals surface area (Å²) in [7, 11) is -4.36. The van der Waals surface area contributed by atoms with Crippen molar-refractivity contribution in [1.82, 2.24) is 14.6 Å². The number of rotatable bonds is 12. The van der Waals surface area contributed by atoms with E-state index in [1.807, 2.05) is 0 Å². The van der Waals surface area contributed by atoms with Crippen LogP contribution in [0.2, 0.25) is 0 Å². The van der Waals surface area contributed by atoms with Crippen molar-refractivity contribution in [3.8, 4) is 11.8 Å². The minimum atomic E-state index is -4.36. The van der Waals surface area contributed by atoms with Crippen LogP contribution in [0.4, 0.5) is 0 Å². The van der Waals surface area contributed by atoms with Crippen molar-refractivity contribution in [2.45, 2.75) is 72.1 Å². The van der Waals surface area contributed by atoms with Crippen LogP contribution >= 0.6 is 7.75 Å². The predicted octanol–water partition coefficient (Wildman–Crippen LogP) is 2.67. The lowest BCUT2D eigenvalue weighted by Crippen LogP contribution is -2.44. The van der Waals surface area contributed by atoms with Gasteiger partial charge in [-0.05, 0) is 39.8 Å². The number of nitrogens with one attached hydrogen (secondary N) is 2. The Bertz CT molecular complexity index is 1470. The second-order valence-electron chi connectivity index (χ2n) is 10.5. The van der Waals surface area contributed by atoms with Crippen molar-refractivity contribution in [1.29, 1.82) is 5.26 Å². The second-order valence-corrected chi connectivity index (χ2v) is 12.2. The van der Waals surface area contributed by atoms with Crippen molar-refractivity contribution in [2.75, 3.05) is 6.61 Å². The zero-order valence-electron chi connectivity index (χ0n) is 24.1. The van der Waals surface area contributed by atoms with E-state index in [0.717, 1.165) is 16.8 Å². The van der Waals surface area contributed by atoms with Crippen LogP contribution in [0.5, 0.6) is 5.75 Å². The van der Waals surface area contributed by atoms with Crippen molar-refractivity contribution < 1.29 is 37.4 Å². The molecular formula is C27H35N4O10P. The Balaban J connectivity index is 1.97. The standard InChI is InChI=1S/C27H35N4O10P/c1-16(2)23(33)40-22-20(39-25(27(22,6)15-28)31-13-12-21(32)29-26(31)35)14-37-42(36,41-19-10-8-7-9-11-19)30-18(5)24(34)38-17(3)4/h7-13,16-18,20,22,25H,14H2,1-6H3,(H,30,36)(H,29,32,35). The number of aromatic nitrogens is 2. The van der Waals surface area contributed by atoms with Gasteiger partial charge in [0.1, 0.15) is 23.3 Å². The fourth-order valence-electron chi connectivity index (χ4n) is 4.08. The van der Waals surface area contributed by atoms with Gasteiger partial charge < -0.3 is 18.7 Å². The van der Waals surface area contributed by atoms with Gasteiger partial charge in [0, 0.05) is 12.3 Å². The summed E-state index contributed by atoms with van der Waals surface area (Å²) in [5.41, 5.74) is -3.18. The smallest absolute Gasteiger partial charge is 0.459 e. The third kappa shape index (κ3) is 7.74. The van der Waals surface area contributed by atoms with Crippen LogP contribution in [-0.4, -0.2) is 52.5 Å². The number of carbonyl (C=O) groups excluding carboxylic acids is 2. The highest BCUT2D eigenvalue weighted by molar-refractivity contribution is 7.52. The summed E-state index contributed by atoms with van der Waals surface area (Å²) in [6, 6.07) is 10.1. The van der Waals surface area contributed by atoms with E-state index in [9.17, 15) is 29.0 Å². The Morgan fingerprint density at radius 2 is 1.81 bits per heavy atom. The fourth-order valence-corrected chi connectivity index (χ4v) is 5.58. The first kappa shape index (κ1) is 32.8. The Labute approximate surface area is 242 Å². The average Bonchev–Trinajstić information content (AvgIpc) is 3.19. The number of hydrogen-bond donors (Lipinski definition) is 2. The van der Waals surface area contributed by atoms with E-state index in [0.29, 0.717) is 0 Å². The molecule has 15 heteroatoms. The molecule has 2 heterocycles. The molecule has 2 aromatic rings. The van der Waals surface area contributed by atoms with Crippen molar-refractivity contribution in [3.05, 3.63) is 63.4 Å². The van der Waals surface area contributed by atoms with Gasteiger partial charge in [-0.1, -0.05) is 32.0 Å². The molecule has 6 atom stereocenters. The molecule has 0 spiro atoms. The Hall–Kier alpha value is -3.76. The Morgan fingerprint density at radius 1 is 1.14 bits per heavy atom. The number of aromatic amines is 1. The molecule has 0 bridgehead atoms. The van der Waals surface area contributed by atoms with E-state index in [1.165, 1.54) is 26.0 Å². The molecule has 1 aliphatic heterocycles. The van der Waals surface area contributed by atoms with Crippen molar-refractivity contribution in [2.24, 2.45) is 11.3 Å². The minimum Gasteiger partial charge on any atom is -0.462 e. The topological polar surface area (TPSA) is 188 Å². The van der Waals surface area contributed by atoms with Gasteiger partial charge in [-0.25, -0.2) is 9.36 Å². The van der Waals surface area contributed by atoms with Gasteiger partial charge in [-0.3, -0.25) is 28.5 Å². The molecule has 1 saturated heterocycles. The lowest BCUT2D eigenvalue weighted by atomic mass is 9.83. The molecule has 0 aliphatic carbocycles. The second kappa shape index (κ2) is 13.5. The highest BCUT2D eigenvalue weighted by Crippen LogP contribution is 2.49. The van der Waals surface area contributed by atoms with Crippen molar-refractivity contribution >= 4 is 19.7 Å². The van der Waals surface area contributed by atoms with Crippen LogP contribution < -0.4 is 20.9 Å². The summed E-state index contributed by atoms with van der Waals surface area (Å²) in [4.78, 5) is 51.5. The lowest BCUT2D eigenvalue weighted by molar-refractivity contribution is -0.159. The number of carbonyl (C=O) groups is 2. The number of para-hydroxylation sites is 1. The number of nitriles is 1. The van der Waals surface area contributed by atoms with Gasteiger partial charge in [0.25, 0.3) is 5.56 Å². The zero-order chi connectivity index (χ0) is 31.2. The molecule has 3 rings (SSSR count). The van der Waals surface area contributed by atoms with Gasteiger partial charge in [0.15, 0.2) is 12.3 Å². The highest BCUT2D eigenvalue weighted by Gasteiger charge is 2.58. The summed E-state index contributed by atoms with van der Waals surface area (Å²) >= 11 is 0. The van der Waals surface area contributed by atoms with E-state index in [2.05, 4.69) is 16.1 Å². The summed E-state index contributed by atoms with van der Waals surface area (Å²) in [6.07, 6.45) is -3.17. The minimum absolute atomic E-state index is 0.160. The number of ether oxygens (including phenoxy) is 3. The molecule has 1 aromatic heterocycles. The first-order chi connectivity index (χ1) is 19.7. The van der Waals surface area contributed by atoms with E-state index in [4.69, 9.17) is 23.3 Å². The zero-order valence-corrected chi connectivity index (χ0v) is 25.0. The molecule has 6 unspecified atom stereocenters. The van der Waals surface area contributed by atoms with E-state index < -0.39 is 79.5 Å². The van der Waals surface area contributed by atoms with Gasteiger partial charge >= 0.3 is 25.4 Å². The van der Waals surface area contributed by atoms with Gasteiger partial charge in [-0.15, -0.1) is 0 Å². The SMILES string of the molecule is CC(C)OC(=O)C(C)NP(=O)(OCC1OC(n2ccc(=O)[nH]c2=O)C(C)(C#N)C1OC(=O)C(C)C)Oc1ccccc1. The van der Waals surface area contributed by atoms with Crippen LogP contribution in [0.15, 0.2) is 52.2 Å². The molecule has 0 saturated carbocycles. The Morgan fingerprint density at radius 3 is 2.38 bits per heavy atom. The maximum Gasteiger partial charge on any atom is 0.459 e. The number of H-pyrrole nitrogens is 1. The van der Waals surface area contributed by atoms with E-state index >= 15 is 0 Å². The van der Waals surface area contributed by atoms with E-state index in [-0.39, 0.29) is 5.75 Å². The maximum atomic E-state index is 14.0. The first-order valence-corrected chi connectivity index (χ1v) is 14.8. The van der Waals surface area contributed by atoms with Crippen LogP contribution in [0, 0.1) is 22.7 Å². The number of hydrogen-bond acceptors (Lipinski definition) is 11. The third-order valence-corrected chi connectivity index (χ3v) is 7.88. The molecule has 0 amide bonds.